The Morgan fingerprint density at radius 2 is 1.00 bits per heavy atom. The third-order valence-electron chi connectivity index (χ3n) is 10.1. The molecule has 0 fully saturated rings. The minimum atomic E-state index is -0.192. The van der Waals surface area contributed by atoms with Gasteiger partial charge in [-0.3, -0.25) is 9.13 Å². The molecule has 3 aromatic heterocycles. The Morgan fingerprint density at radius 1 is 0.468 bits per heavy atom. The topological polar surface area (TPSA) is 35.6 Å². The van der Waals surface area contributed by atoms with Crippen molar-refractivity contribution in [2.24, 2.45) is 0 Å². The fourth-order valence-electron chi connectivity index (χ4n) is 8.09. The van der Waals surface area contributed by atoms with Gasteiger partial charge in [0.05, 0.1) is 22.1 Å². The van der Waals surface area contributed by atoms with Gasteiger partial charge in [-0.15, -0.1) is 0 Å². The van der Waals surface area contributed by atoms with Crippen LogP contribution >= 0.6 is 0 Å². The Balaban J connectivity index is 1.36. The van der Waals surface area contributed by atoms with E-state index in [1.165, 1.54) is 49.3 Å². The average Bonchev–Trinajstić information content (AvgIpc) is 3.72. The second-order valence-electron chi connectivity index (χ2n) is 13.1. The smallest absolute Gasteiger partial charge is 0.163 e. The molecule has 0 aliphatic heterocycles. The Bertz CT molecular complexity index is 2660. The second-order valence-corrected chi connectivity index (χ2v) is 13.1. The van der Waals surface area contributed by atoms with E-state index >= 15 is 0 Å². The molecule has 6 aromatic carbocycles. The minimum absolute atomic E-state index is 0.192. The lowest BCUT2D eigenvalue weighted by Crippen LogP contribution is -2.17. The van der Waals surface area contributed by atoms with E-state index < -0.39 is 0 Å². The maximum atomic E-state index is 5.38. The molecule has 0 saturated carbocycles. The molecule has 0 unspecified atom stereocenters. The van der Waals surface area contributed by atoms with E-state index in [1.54, 1.807) is 0 Å². The van der Waals surface area contributed by atoms with E-state index in [0.29, 0.717) is 5.82 Å². The number of hydrogen-bond acceptors (Lipinski definition) is 2. The van der Waals surface area contributed by atoms with Gasteiger partial charge in [0.1, 0.15) is 11.6 Å². The highest BCUT2D eigenvalue weighted by Gasteiger charge is 2.38. The summed E-state index contributed by atoms with van der Waals surface area (Å²) in [4.78, 5) is 10.7. The number of fused-ring (bicyclic) bond motifs is 10. The monoisotopic (exact) mass is 602 g/mol. The molecule has 0 bridgehead atoms. The van der Waals surface area contributed by atoms with Crippen LogP contribution in [0, 0.1) is 0 Å². The van der Waals surface area contributed by atoms with Crippen LogP contribution in [-0.2, 0) is 5.41 Å². The quantitative estimate of drug-likeness (QED) is 0.202. The van der Waals surface area contributed by atoms with Crippen molar-refractivity contribution in [2.75, 3.05) is 0 Å². The van der Waals surface area contributed by atoms with Crippen molar-refractivity contribution in [1.82, 2.24) is 19.1 Å². The first-order chi connectivity index (χ1) is 23.1. The Morgan fingerprint density at radius 3 is 1.68 bits per heavy atom. The molecule has 0 spiro atoms. The molecule has 9 aromatic rings. The maximum absolute atomic E-state index is 5.38. The Kier molecular flexibility index (Phi) is 5.31. The van der Waals surface area contributed by atoms with E-state index in [9.17, 15) is 0 Å². The molecule has 222 valence electrons. The van der Waals surface area contributed by atoms with Gasteiger partial charge in [-0.25, -0.2) is 9.97 Å². The fourth-order valence-corrected chi connectivity index (χ4v) is 8.09. The highest BCUT2D eigenvalue weighted by molar-refractivity contribution is 6.13. The van der Waals surface area contributed by atoms with Gasteiger partial charge in [0.2, 0.25) is 0 Å². The van der Waals surface area contributed by atoms with Gasteiger partial charge in [-0.1, -0.05) is 135 Å². The van der Waals surface area contributed by atoms with Gasteiger partial charge in [-0.05, 0) is 40.5 Å². The molecule has 4 nitrogen and oxygen atoms in total. The molecule has 0 amide bonds. The molecule has 1 aliphatic rings. The van der Waals surface area contributed by atoms with E-state index in [1.807, 2.05) is 6.07 Å². The summed E-state index contributed by atoms with van der Waals surface area (Å²) in [6.07, 6.45) is 0. The zero-order valence-corrected chi connectivity index (χ0v) is 26.1. The maximum Gasteiger partial charge on any atom is 0.163 e. The van der Waals surface area contributed by atoms with Gasteiger partial charge in [0.15, 0.2) is 5.82 Å². The predicted octanol–water partition coefficient (Wildman–Crippen LogP) is 10.6. The molecule has 0 atom stereocenters. The van der Waals surface area contributed by atoms with Gasteiger partial charge < -0.3 is 0 Å². The zero-order chi connectivity index (χ0) is 31.3. The van der Waals surface area contributed by atoms with E-state index in [2.05, 4.69) is 163 Å². The largest absolute Gasteiger partial charge is 0.294 e. The number of benzene rings is 6. The first kappa shape index (κ1) is 26.2. The summed E-state index contributed by atoms with van der Waals surface area (Å²) >= 11 is 0. The Labute approximate surface area is 272 Å². The lowest BCUT2D eigenvalue weighted by molar-refractivity contribution is 0.663. The van der Waals surface area contributed by atoms with E-state index in [-0.39, 0.29) is 5.41 Å². The molecule has 0 radical (unpaired) electrons. The molecule has 1 aliphatic carbocycles. The third-order valence-corrected chi connectivity index (χ3v) is 10.1. The molecule has 10 rings (SSSR count). The van der Waals surface area contributed by atoms with Crippen LogP contribution in [0.4, 0.5) is 0 Å². The highest BCUT2D eigenvalue weighted by atomic mass is 15.1. The van der Waals surface area contributed by atoms with Crippen LogP contribution in [0.1, 0.15) is 25.0 Å². The van der Waals surface area contributed by atoms with Crippen LogP contribution in [0.25, 0.3) is 77.8 Å². The van der Waals surface area contributed by atoms with Gasteiger partial charge in [0, 0.05) is 38.6 Å². The van der Waals surface area contributed by atoms with Crippen molar-refractivity contribution in [1.29, 1.82) is 0 Å². The number of hydrogen-bond donors (Lipinski definition) is 0. The molecule has 4 heteroatoms. The SMILES string of the molecule is CC1(C)c2ccccc2-c2ccc3c4ccccc4n(-c4cc(-n5c6ccccc6c6ccccc65)nc(-c5ccccc5)n4)c3c21. The average molecular weight is 603 g/mol. The third kappa shape index (κ3) is 3.58. The number of para-hydroxylation sites is 3. The van der Waals surface area contributed by atoms with Crippen molar-refractivity contribution >= 4 is 43.6 Å². The highest BCUT2D eigenvalue weighted by Crippen LogP contribution is 2.52. The normalized spacial score (nSPS) is 13.5. The van der Waals surface area contributed by atoms with E-state index in [0.717, 1.165) is 33.7 Å². The molecular weight excluding hydrogens is 573 g/mol. The summed E-state index contributed by atoms with van der Waals surface area (Å²) in [5.74, 6) is 2.38. The van der Waals surface area contributed by atoms with Crippen molar-refractivity contribution in [2.45, 2.75) is 19.3 Å². The fraction of sp³-hybridized carbons (Fsp3) is 0.0698. The molecular formula is C43H30N4. The van der Waals surface area contributed by atoms with Crippen LogP contribution in [0.2, 0.25) is 0 Å². The summed E-state index contributed by atoms with van der Waals surface area (Å²) in [5, 5.41) is 4.87. The lowest BCUT2D eigenvalue weighted by Gasteiger charge is -2.23. The van der Waals surface area contributed by atoms with Crippen molar-refractivity contribution in [3.8, 4) is 34.2 Å². The number of nitrogens with zero attached hydrogens (tertiary/aromatic N) is 4. The standard InChI is InChI=1S/C43H30N4/c1-43(2)34-20-10-6-16-28(34)32-24-25-33-31-19-9-13-23-37(31)47(41(33)40(32)43)39-26-38(44-42(45-39)27-14-4-3-5-15-27)46-35-21-11-7-17-29(35)30-18-8-12-22-36(30)46/h3-26H,1-2H3. The Hall–Kier alpha value is -6.00. The molecule has 0 saturated heterocycles. The number of rotatable bonds is 3. The van der Waals surface area contributed by atoms with Crippen molar-refractivity contribution in [3.63, 3.8) is 0 Å². The second kappa shape index (κ2) is 9.51. The molecule has 3 heterocycles. The zero-order valence-electron chi connectivity index (χ0n) is 26.1. The van der Waals surface area contributed by atoms with Gasteiger partial charge >= 0.3 is 0 Å². The molecule has 47 heavy (non-hydrogen) atoms. The lowest BCUT2D eigenvalue weighted by atomic mass is 9.81. The summed E-state index contributed by atoms with van der Waals surface area (Å²) < 4.78 is 4.68. The van der Waals surface area contributed by atoms with Gasteiger partial charge in [0.25, 0.3) is 0 Å². The summed E-state index contributed by atoms with van der Waals surface area (Å²) in [5.41, 5.74) is 10.7. The first-order valence-corrected chi connectivity index (χ1v) is 16.2. The van der Waals surface area contributed by atoms with Crippen molar-refractivity contribution in [3.05, 3.63) is 157 Å². The summed E-state index contributed by atoms with van der Waals surface area (Å²) in [6.45, 7) is 4.72. The first-order valence-electron chi connectivity index (χ1n) is 16.2. The number of aromatic nitrogens is 4. The van der Waals surface area contributed by atoms with Crippen LogP contribution < -0.4 is 0 Å². The van der Waals surface area contributed by atoms with Crippen LogP contribution in [0.3, 0.4) is 0 Å². The van der Waals surface area contributed by atoms with Crippen LogP contribution in [-0.4, -0.2) is 19.1 Å². The summed E-state index contributed by atoms with van der Waals surface area (Å²) in [7, 11) is 0. The van der Waals surface area contributed by atoms with Crippen LogP contribution in [0.15, 0.2) is 146 Å². The minimum Gasteiger partial charge on any atom is -0.294 e. The van der Waals surface area contributed by atoms with Gasteiger partial charge in [-0.2, -0.15) is 0 Å². The van der Waals surface area contributed by atoms with Crippen molar-refractivity contribution < 1.29 is 0 Å². The predicted molar refractivity (Wildman–Crippen MR) is 194 cm³/mol. The van der Waals surface area contributed by atoms with Crippen LogP contribution in [0.5, 0.6) is 0 Å². The summed E-state index contributed by atoms with van der Waals surface area (Å²) in [6, 6.07) is 51.9. The van der Waals surface area contributed by atoms with E-state index in [4.69, 9.17) is 9.97 Å². The molecule has 0 N–H and O–H groups in total.